The van der Waals surface area contributed by atoms with Crippen LogP contribution in [0.1, 0.15) is 23.9 Å². The third kappa shape index (κ3) is 2.71. The van der Waals surface area contributed by atoms with Crippen LogP contribution in [-0.2, 0) is 4.74 Å². The predicted octanol–water partition coefficient (Wildman–Crippen LogP) is 2.77. The summed E-state index contributed by atoms with van der Waals surface area (Å²) in [5.74, 6) is -0.652. The molecule has 1 aliphatic heterocycles. The molecule has 0 amide bonds. The molecule has 0 saturated carbocycles. The van der Waals surface area contributed by atoms with Gasteiger partial charge in [-0.1, -0.05) is 19.1 Å². The zero-order valence-electron chi connectivity index (χ0n) is 11.9. The van der Waals surface area contributed by atoms with E-state index in [1.165, 1.54) is 6.07 Å². The Labute approximate surface area is 122 Å². The fourth-order valence-corrected chi connectivity index (χ4v) is 2.68. The second-order valence-corrected chi connectivity index (χ2v) is 5.34. The molecule has 5 heteroatoms. The molecule has 4 nitrogen and oxygen atoms in total. The van der Waals surface area contributed by atoms with Gasteiger partial charge in [0.25, 0.3) is 0 Å². The molecule has 2 unspecified atom stereocenters. The van der Waals surface area contributed by atoms with Crippen molar-refractivity contribution in [3.05, 3.63) is 35.8 Å². The first-order valence-corrected chi connectivity index (χ1v) is 7.24. The Morgan fingerprint density at radius 1 is 1.43 bits per heavy atom. The topological polar surface area (TPSA) is 51.5 Å². The van der Waals surface area contributed by atoms with E-state index in [1.807, 2.05) is 0 Å². The number of para-hydroxylation sites is 1. The summed E-state index contributed by atoms with van der Waals surface area (Å²) in [5.41, 5.74) is 0.137. The quantitative estimate of drug-likeness (QED) is 0.861. The van der Waals surface area contributed by atoms with Gasteiger partial charge in [0.2, 0.25) is 5.78 Å². The highest BCUT2D eigenvalue weighted by Gasteiger charge is 2.35. The molecule has 0 spiro atoms. The van der Waals surface area contributed by atoms with Gasteiger partial charge in [0, 0.05) is 11.4 Å². The standard InChI is InChI=1S/C16H18FNO3/c1-2-6-18-13-9-20-8-11(13)15(19)14-7-10-4-3-5-12(17)16(10)21-14/h3-5,7,11,13,18H,2,6,8-9H2,1H3. The first-order chi connectivity index (χ1) is 10.2. The lowest BCUT2D eigenvalue weighted by Crippen LogP contribution is -2.39. The average Bonchev–Trinajstić information content (AvgIpc) is 3.11. The maximum absolute atomic E-state index is 13.6. The van der Waals surface area contributed by atoms with E-state index in [1.54, 1.807) is 18.2 Å². The Morgan fingerprint density at radius 2 is 2.29 bits per heavy atom. The van der Waals surface area contributed by atoms with Crippen molar-refractivity contribution in [2.24, 2.45) is 5.92 Å². The molecule has 2 aromatic rings. The molecule has 1 aliphatic rings. The SMILES string of the molecule is CCCNC1COCC1C(=O)c1cc2cccc(F)c2o1. The summed E-state index contributed by atoms with van der Waals surface area (Å²) in [7, 11) is 0. The minimum absolute atomic E-state index is 0.00416. The Bertz CT molecular complexity index is 652. The molecule has 21 heavy (non-hydrogen) atoms. The molecule has 1 aromatic heterocycles. The van der Waals surface area contributed by atoms with Crippen LogP contribution in [0.5, 0.6) is 0 Å². The number of carbonyl (C=O) groups is 1. The molecular formula is C16H18FNO3. The van der Waals surface area contributed by atoms with Crippen LogP contribution in [0.15, 0.2) is 28.7 Å². The summed E-state index contributed by atoms with van der Waals surface area (Å²) >= 11 is 0. The normalized spacial score (nSPS) is 22.0. The Kier molecular flexibility index (Phi) is 4.03. The van der Waals surface area contributed by atoms with Gasteiger partial charge in [0.15, 0.2) is 17.2 Å². The predicted molar refractivity (Wildman–Crippen MR) is 76.9 cm³/mol. The number of furan rings is 1. The maximum atomic E-state index is 13.6. The molecule has 0 radical (unpaired) electrons. The molecule has 0 bridgehead atoms. The van der Waals surface area contributed by atoms with Crippen molar-refractivity contribution in [1.82, 2.24) is 5.32 Å². The zero-order valence-corrected chi connectivity index (χ0v) is 11.9. The van der Waals surface area contributed by atoms with Crippen LogP contribution >= 0.6 is 0 Å². The highest BCUT2D eigenvalue weighted by Crippen LogP contribution is 2.26. The van der Waals surface area contributed by atoms with E-state index in [4.69, 9.17) is 9.15 Å². The van der Waals surface area contributed by atoms with Gasteiger partial charge in [-0.3, -0.25) is 4.79 Å². The number of benzene rings is 1. The van der Waals surface area contributed by atoms with Crippen LogP contribution in [0.4, 0.5) is 4.39 Å². The number of hydrogen-bond donors (Lipinski definition) is 1. The summed E-state index contributed by atoms with van der Waals surface area (Å²) in [5, 5.41) is 3.92. The summed E-state index contributed by atoms with van der Waals surface area (Å²) in [6.45, 7) is 3.80. The molecule has 3 rings (SSSR count). The first-order valence-electron chi connectivity index (χ1n) is 7.24. The second-order valence-electron chi connectivity index (χ2n) is 5.34. The van der Waals surface area contributed by atoms with Gasteiger partial charge < -0.3 is 14.5 Å². The molecule has 1 aromatic carbocycles. The van der Waals surface area contributed by atoms with Crippen LogP contribution in [-0.4, -0.2) is 31.6 Å². The minimum atomic E-state index is -0.449. The van der Waals surface area contributed by atoms with Crippen molar-refractivity contribution < 1.29 is 18.3 Å². The van der Waals surface area contributed by atoms with Crippen LogP contribution in [0.25, 0.3) is 11.0 Å². The average molecular weight is 291 g/mol. The summed E-state index contributed by atoms with van der Waals surface area (Å²) in [6.07, 6.45) is 0.993. The Morgan fingerprint density at radius 3 is 3.05 bits per heavy atom. The molecule has 2 heterocycles. The van der Waals surface area contributed by atoms with Gasteiger partial charge >= 0.3 is 0 Å². The maximum Gasteiger partial charge on any atom is 0.205 e. The van der Waals surface area contributed by atoms with Crippen LogP contribution in [0.3, 0.4) is 0 Å². The van der Waals surface area contributed by atoms with E-state index >= 15 is 0 Å². The molecule has 1 saturated heterocycles. The third-order valence-corrected chi connectivity index (χ3v) is 3.81. The van der Waals surface area contributed by atoms with Gasteiger partial charge in [-0.05, 0) is 25.1 Å². The lowest BCUT2D eigenvalue weighted by Gasteiger charge is -2.16. The molecule has 1 fully saturated rings. The summed E-state index contributed by atoms with van der Waals surface area (Å²) in [4.78, 5) is 12.6. The minimum Gasteiger partial charge on any atom is -0.450 e. The van der Waals surface area contributed by atoms with E-state index in [-0.39, 0.29) is 29.1 Å². The number of halogens is 1. The number of nitrogens with one attached hydrogen (secondary N) is 1. The van der Waals surface area contributed by atoms with Gasteiger partial charge in [-0.25, -0.2) is 4.39 Å². The third-order valence-electron chi connectivity index (χ3n) is 3.81. The van der Waals surface area contributed by atoms with Gasteiger partial charge in [0.05, 0.1) is 19.1 Å². The second kappa shape index (κ2) is 5.95. The van der Waals surface area contributed by atoms with Crippen molar-refractivity contribution in [1.29, 1.82) is 0 Å². The zero-order chi connectivity index (χ0) is 14.8. The number of fused-ring (bicyclic) bond motifs is 1. The Balaban J connectivity index is 1.84. The fourth-order valence-electron chi connectivity index (χ4n) is 2.68. The Hall–Kier alpha value is -1.72. The molecule has 0 aliphatic carbocycles. The molecular weight excluding hydrogens is 273 g/mol. The van der Waals surface area contributed by atoms with E-state index in [0.717, 1.165) is 13.0 Å². The smallest absolute Gasteiger partial charge is 0.205 e. The van der Waals surface area contributed by atoms with E-state index in [0.29, 0.717) is 18.6 Å². The fraction of sp³-hybridized carbons (Fsp3) is 0.438. The van der Waals surface area contributed by atoms with Crippen molar-refractivity contribution in [2.45, 2.75) is 19.4 Å². The van der Waals surface area contributed by atoms with Crippen LogP contribution in [0.2, 0.25) is 0 Å². The number of hydrogen-bond acceptors (Lipinski definition) is 4. The molecule has 112 valence electrons. The largest absolute Gasteiger partial charge is 0.450 e. The summed E-state index contributed by atoms with van der Waals surface area (Å²) in [6, 6.07) is 6.26. The number of ether oxygens (including phenoxy) is 1. The highest BCUT2D eigenvalue weighted by molar-refractivity contribution is 5.99. The van der Waals surface area contributed by atoms with Gasteiger partial charge in [-0.15, -0.1) is 0 Å². The van der Waals surface area contributed by atoms with E-state index < -0.39 is 5.82 Å². The monoisotopic (exact) mass is 291 g/mol. The van der Waals surface area contributed by atoms with E-state index in [2.05, 4.69) is 12.2 Å². The van der Waals surface area contributed by atoms with Crippen molar-refractivity contribution in [3.8, 4) is 0 Å². The van der Waals surface area contributed by atoms with Crippen LogP contribution in [0, 0.1) is 11.7 Å². The lowest BCUT2D eigenvalue weighted by atomic mass is 9.96. The number of ketones is 1. The number of carbonyl (C=O) groups excluding carboxylic acids is 1. The van der Waals surface area contributed by atoms with Gasteiger partial charge in [0.1, 0.15) is 0 Å². The van der Waals surface area contributed by atoms with Gasteiger partial charge in [-0.2, -0.15) is 0 Å². The summed E-state index contributed by atoms with van der Waals surface area (Å²) < 4.78 is 24.5. The first kappa shape index (κ1) is 14.2. The van der Waals surface area contributed by atoms with E-state index in [9.17, 15) is 9.18 Å². The molecule has 1 N–H and O–H groups in total. The van der Waals surface area contributed by atoms with Crippen molar-refractivity contribution in [3.63, 3.8) is 0 Å². The van der Waals surface area contributed by atoms with Crippen molar-refractivity contribution in [2.75, 3.05) is 19.8 Å². The van der Waals surface area contributed by atoms with Crippen molar-refractivity contribution >= 4 is 16.8 Å². The van der Waals surface area contributed by atoms with Crippen LogP contribution < -0.4 is 5.32 Å². The number of rotatable bonds is 5. The highest BCUT2D eigenvalue weighted by atomic mass is 19.1. The lowest BCUT2D eigenvalue weighted by molar-refractivity contribution is 0.0865. The molecule has 2 atom stereocenters. The number of Topliss-reactive ketones (excluding diaryl/α,β-unsaturated/α-hetero) is 1.